The summed E-state index contributed by atoms with van der Waals surface area (Å²) in [6, 6.07) is 15.6. The molecule has 0 aliphatic rings. The maximum Gasteiger partial charge on any atom is 0.115 e. The molecule has 2 nitrogen and oxygen atoms in total. The lowest BCUT2D eigenvalue weighted by molar-refractivity contribution is 0.472. The number of benzene rings is 2. The Balaban J connectivity index is 1.77. The number of rotatable bonds is 6. The zero-order valence-corrected chi connectivity index (χ0v) is 12.4. The van der Waals surface area contributed by atoms with Gasteiger partial charge in [0.2, 0.25) is 0 Å². The summed E-state index contributed by atoms with van der Waals surface area (Å²) < 4.78 is 0. The van der Waals surface area contributed by atoms with Crippen LogP contribution in [-0.2, 0) is 6.42 Å². The summed E-state index contributed by atoms with van der Waals surface area (Å²) in [7, 11) is 0. The van der Waals surface area contributed by atoms with Crippen LogP contribution in [0.25, 0.3) is 0 Å². The first-order valence-electron chi connectivity index (χ1n) is 6.92. The van der Waals surface area contributed by atoms with Crippen LogP contribution in [0.2, 0.25) is 5.02 Å². The summed E-state index contributed by atoms with van der Waals surface area (Å²) in [5.41, 5.74) is 2.30. The van der Waals surface area contributed by atoms with Gasteiger partial charge < -0.3 is 10.4 Å². The van der Waals surface area contributed by atoms with Crippen LogP contribution < -0.4 is 5.32 Å². The van der Waals surface area contributed by atoms with Crippen LogP contribution in [-0.4, -0.2) is 11.7 Å². The van der Waals surface area contributed by atoms with Gasteiger partial charge in [-0.05, 0) is 55.6 Å². The van der Waals surface area contributed by atoms with Crippen molar-refractivity contribution in [2.75, 3.05) is 6.54 Å². The second-order valence-corrected chi connectivity index (χ2v) is 5.37. The van der Waals surface area contributed by atoms with E-state index in [0.29, 0.717) is 5.75 Å². The Kier molecular flexibility index (Phi) is 5.45. The quantitative estimate of drug-likeness (QED) is 0.776. The summed E-state index contributed by atoms with van der Waals surface area (Å²) in [5, 5.41) is 13.8. The van der Waals surface area contributed by atoms with E-state index in [1.807, 2.05) is 30.3 Å². The van der Waals surface area contributed by atoms with Gasteiger partial charge in [-0.3, -0.25) is 0 Å². The summed E-state index contributed by atoms with van der Waals surface area (Å²) in [4.78, 5) is 0. The van der Waals surface area contributed by atoms with Gasteiger partial charge in [-0.1, -0.05) is 41.9 Å². The Hall–Kier alpha value is -1.51. The third-order valence-corrected chi connectivity index (χ3v) is 3.77. The number of aromatic hydroxyl groups is 1. The molecule has 106 valence electrons. The number of hydrogen-bond acceptors (Lipinski definition) is 2. The van der Waals surface area contributed by atoms with Crippen molar-refractivity contribution < 1.29 is 5.11 Å². The standard InChI is InChI=1S/C17H20ClNO/c1-13(15-7-4-9-16(20)12-15)19-11-5-8-14-6-2-3-10-17(14)18/h2-4,6-7,9-10,12-13,19-20H,5,8,11H2,1H3/t13-/m1/s1. The van der Waals surface area contributed by atoms with E-state index in [4.69, 9.17) is 11.6 Å². The Bertz CT molecular complexity index is 556. The third-order valence-electron chi connectivity index (χ3n) is 3.40. The van der Waals surface area contributed by atoms with E-state index in [1.54, 1.807) is 12.1 Å². The fourth-order valence-corrected chi connectivity index (χ4v) is 2.44. The van der Waals surface area contributed by atoms with Gasteiger partial charge in [0.25, 0.3) is 0 Å². The fraction of sp³-hybridized carbons (Fsp3) is 0.294. The van der Waals surface area contributed by atoms with Gasteiger partial charge >= 0.3 is 0 Å². The molecule has 2 rings (SSSR count). The van der Waals surface area contributed by atoms with E-state index < -0.39 is 0 Å². The van der Waals surface area contributed by atoms with E-state index in [1.165, 1.54) is 5.56 Å². The van der Waals surface area contributed by atoms with Crippen molar-refractivity contribution in [1.82, 2.24) is 5.32 Å². The molecule has 2 aromatic carbocycles. The molecule has 0 saturated heterocycles. The molecule has 2 N–H and O–H groups in total. The van der Waals surface area contributed by atoms with Gasteiger partial charge in [0.15, 0.2) is 0 Å². The van der Waals surface area contributed by atoms with Crippen molar-refractivity contribution in [3.8, 4) is 5.75 Å². The smallest absolute Gasteiger partial charge is 0.115 e. The fourth-order valence-electron chi connectivity index (χ4n) is 2.21. The minimum Gasteiger partial charge on any atom is -0.508 e. The van der Waals surface area contributed by atoms with Crippen molar-refractivity contribution in [2.24, 2.45) is 0 Å². The maximum absolute atomic E-state index is 9.47. The predicted octanol–water partition coefficient (Wildman–Crippen LogP) is 4.33. The van der Waals surface area contributed by atoms with E-state index in [2.05, 4.69) is 18.3 Å². The lowest BCUT2D eigenvalue weighted by atomic mass is 10.1. The topological polar surface area (TPSA) is 32.3 Å². The normalized spacial score (nSPS) is 12.3. The number of aryl methyl sites for hydroxylation is 1. The van der Waals surface area contributed by atoms with Gasteiger partial charge in [0, 0.05) is 11.1 Å². The number of nitrogens with one attached hydrogen (secondary N) is 1. The van der Waals surface area contributed by atoms with Crippen LogP contribution in [0.3, 0.4) is 0 Å². The molecule has 20 heavy (non-hydrogen) atoms. The highest BCUT2D eigenvalue weighted by Gasteiger charge is 2.05. The molecule has 0 spiro atoms. The SMILES string of the molecule is C[C@@H](NCCCc1ccccc1Cl)c1cccc(O)c1. The van der Waals surface area contributed by atoms with E-state index in [0.717, 1.165) is 30.0 Å². The first kappa shape index (κ1) is 14.9. The maximum atomic E-state index is 9.47. The van der Waals surface area contributed by atoms with Crippen molar-refractivity contribution in [3.63, 3.8) is 0 Å². The molecule has 0 unspecified atom stereocenters. The molecule has 0 saturated carbocycles. The van der Waals surface area contributed by atoms with Gasteiger partial charge in [-0.2, -0.15) is 0 Å². The Labute approximate surface area is 125 Å². The van der Waals surface area contributed by atoms with Gasteiger partial charge in [-0.25, -0.2) is 0 Å². The lowest BCUT2D eigenvalue weighted by Gasteiger charge is -2.14. The van der Waals surface area contributed by atoms with E-state index in [9.17, 15) is 5.11 Å². The zero-order chi connectivity index (χ0) is 14.4. The zero-order valence-electron chi connectivity index (χ0n) is 11.6. The van der Waals surface area contributed by atoms with Crippen LogP contribution in [0.4, 0.5) is 0 Å². The van der Waals surface area contributed by atoms with E-state index >= 15 is 0 Å². The van der Waals surface area contributed by atoms with Crippen LogP contribution >= 0.6 is 11.6 Å². The largest absolute Gasteiger partial charge is 0.508 e. The molecule has 0 aliphatic carbocycles. The molecule has 0 radical (unpaired) electrons. The lowest BCUT2D eigenvalue weighted by Crippen LogP contribution is -2.20. The monoisotopic (exact) mass is 289 g/mol. The molecular weight excluding hydrogens is 270 g/mol. The molecule has 0 amide bonds. The summed E-state index contributed by atoms with van der Waals surface area (Å²) in [5.74, 6) is 0.312. The van der Waals surface area contributed by atoms with Crippen molar-refractivity contribution in [1.29, 1.82) is 0 Å². The number of halogens is 1. The minimum atomic E-state index is 0.230. The first-order chi connectivity index (χ1) is 9.66. The second kappa shape index (κ2) is 7.32. The van der Waals surface area contributed by atoms with Crippen molar-refractivity contribution >= 4 is 11.6 Å². The van der Waals surface area contributed by atoms with Gasteiger partial charge in [-0.15, -0.1) is 0 Å². The third kappa shape index (κ3) is 4.26. The molecule has 2 aromatic rings. The molecule has 0 aliphatic heterocycles. The number of phenolic OH excluding ortho intramolecular Hbond substituents is 1. The Morgan fingerprint density at radius 1 is 1.15 bits per heavy atom. The average Bonchev–Trinajstić information content (AvgIpc) is 2.45. The summed E-state index contributed by atoms with van der Waals surface area (Å²) in [6.45, 7) is 3.02. The second-order valence-electron chi connectivity index (χ2n) is 4.97. The first-order valence-corrected chi connectivity index (χ1v) is 7.30. The van der Waals surface area contributed by atoms with Crippen LogP contribution in [0.1, 0.15) is 30.5 Å². The molecule has 0 bridgehead atoms. The van der Waals surface area contributed by atoms with Crippen LogP contribution in [0, 0.1) is 0 Å². The summed E-state index contributed by atoms with van der Waals surface area (Å²) >= 11 is 6.13. The number of hydrogen-bond donors (Lipinski definition) is 2. The van der Waals surface area contributed by atoms with Gasteiger partial charge in [0.1, 0.15) is 5.75 Å². The summed E-state index contributed by atoms with van der Waals surface area (Å²) in [6.07, 6.45) is 2.01. The highest BCUT2D eigenvalue weighted by molar-refractivity contribution is 6.31. The molecule has 3 heteroatoms. The molecule has 0 heterocycles. The van der Waals surface area contributed by atoms with Crippen molar-refractivity contribution in [3.05, 3.63) is 64.7 Å². The highest BCUT2D eigenvalue weighted by atomic mass is 35.5. The molecule has 0 aromatic heterocycles. The number of phenols is 1. The van der Waals surface area contributed by atoms with Crippen LogP contribution in [0.5, 0.6) is 5.75 Å². The van der Waals surface area contributed by atoms with Crippen molar-refractivity contribution in [2.45, 2.75) is 25.8 Å². The average molecular weight is 290 g/mol. The van der Waals surface area contributed by atoms with Crippen LogP contribution in [0.15, 0.2) is 48.5 Å². The van der Waals surface area contributed by atoms with Gasteiger partial charge in [0.05, 0.1) is 0 Å². The predicted molar refractivity (Wildman–Crippen MR) is 84.3 cm³/mol. The minimum absolute atomic E-state index is 0.230. The molecule has 0 fully saturated rings. The molecular formula is C17H20ClNO. The highest BCUT2D eigenvalue weighted by Crippen LogP contribution is 2.18. The van der Waals surface area contributed by atoms with E-state index in [-0.39, 0.29) is 6.04 Å². The Morgan fingerprint density at radius 2 is 1.95 bits per heavy atom. The molecule has 1 atom stereocenters. The Morgan fingerprint density at radius 3 is 2.70 bits per heavy atom.